The summed E-state index contributed by atoms with van der Waals surface area (Å²) in [4.78, 5) is 27.2. The molecule has 2 atom stereocenters. The summed E-state index contributed by atoms with van der Waals surface area (Å²) in [7, 11) is 3.83. The van der Waals surface area contributed by atoms with Crippen LogP contribution in [0, 0.1) is 0 Å². The van der Waals surface area contributed by atoms with E-state index in [2.05, 4.69) is 0 Å². The van der Waals surface area contributed by atoms with Gasteiger partial charge in [-0.05, 0) is 19.7 Å². The number of carbonyl (C=O) groups excluding carboxylic acids is 1. The van der Waals surface area contributed by atoms with Crippen molar-refractivity contribution in [1.82, 2.24) is 9.80 Å². The van der Waals surface area contributed by atoms with Gasteiger partial charge in [-0.15, -0.1) is 0 Å². The van der Waals surface area contributed by atoms with Crippen LogP contribution in [0.3, 0.4) is 0 Å². The van der Waals surface area contributed by atoms with Gasteiger partial charge in [0.15, 0.2) is 6.10 Å². The highest BCUT2D eigenvalue weighted by Crippen LogP contribution is 2.30. The second-order valence-corrected chi connectivity index (χ2v) is 5.32. The lowest BCUT2D eigenvalue weighted by molar-refractivity contribution is -0.173. The summed E-state index contributed by atoms with van der Waals surface area (Å²) < 4.78 is 5.25. The molecule has 1 N–H and O–H groups in total. The number of rotatable bonds is 5. The Balaban J connectivity index is 2.32. The molecule has 21 heavy (non-hydrogen) atoms. The lowest BCUT2D eigenvalue weighted by atomic mass is 9.97. The summed E-state index contributed by atoms with van der Waals surface area (Å²) in [5, 5.41) is 9.38. The highest BCUT2D eigenvalue weighted by Gasteiger charge is 2.41. The number of carbonyl (C=O) groups is 2. The van der Waals surface area contributed by atoms with Crippen molar-refractivity contribution in [2.45, 2.75) is 12.1 Å². The van der Waals surface area contributed by atoms with E-state index in [9.17, 15) is 14.7 Å². The Labute approximate surface area is 123 Å². The lowest BCUT2D eigenvalue weighted by Crippen LogP contribution is -2.53. The third kappa shape index (κ3) is 3.59. The highest BCUT2D eigenvalue weighted by molar-refractivity contribution is 5.83. The minimum absolute atomic E-state index is 0.178. The molecule has 1 saturated heterocycles. The monoisotopic (exact) mass is 292 g/mol. The van der Waals surface area contributed by atoms with E-state index < -0.39 is 18.1 Å². The predicted octanol–water partition coefficient (Wildman–Crippen LogP) is 0.601. The van der Waals surface area contributed by atoms with Crippen molar-refractivity contribution in [2.75, 3.05) is 33.8 Å². The Hall–Kier alpha value is -1.92. The molecule has 1 aliphatic rings. The highest BCUT2D eigenvalue weighted by atomic mass is 16.5. The summed E-state index contributed by atoms with van der Waals surface area (Å²) in [6.45, 7) is 0.952. The van der Waals surface area contributed by atoms with Crippen LogP contribution >= 0.6 is 0 Å². The number of carboxylic acids is 1. The first-order valence-electron chi connectivity index (χ1n) is 6.84. The molecule has 6 nitrogen and oxygen atoms in total. The SMILES string of the molecule is CN(C)CCN1C(=O)COC(C(=O)O)C1c1ccccc1. The molecular weight excluding hydrogens is 272 g/mol. The van der Waals surface area contributed by atoms with Crippen LogP contribution in [-0.4, -0.2) is 66.7 Å². The molecule has 2 rings (SSSR count). The molecule has 1 fully saturated rings. The van der Waals surface area contributed by atoms with Gasteiger partial charge < -0.3 is 19.6 Å². The van der Waals surface area contributed by atoms with E-state index in [4.69, 9.17) is 4.74 Å². The fraction of sp³-hybridized carbons (Fsp3) is 0.467. The Kier molecular flexibility index (Phi) is 4.93. The van der Waals surface area contributed by atoms with Crippen molar-refractivity contribution >= 4 is 11.9 Å². The van der Waals surface area contributed by atoms with Gasteiger partial charge in [-0.3, -0.25) is 4.79 Å². The molecular formula is C15H20N2O4. The number of nitrogens with zero attached hydrogens (tertiary/aromatic N) is 2. The minimum atomic E-state index is -1.05. The molecule has 1 amide bonds. The Morgan fingerprint density at radius 2 is 2.05 bits per heavy atom. The molecule has 2 unspecified atom stereocenters. The number of hydrogen-bond donors (Lipinski definition) is 1. The van der Waals surface area contributed by atoms with Gasteiger partial charge in [0.05, 0.1) is 6.04 Å². The Morgan fingerprint density at radius 1 is 1.38 bits per heavy atom. The molecule has 1 aliphatic heterocycles. The number of amides is 1. The maximum Gasteiger partial charge on any atom is 0.335 e. The number of carboxylic acid groups (broad SMARTS) is 1. The number of hydrogen-bond acceptors (Lipinski definition) is 4. The van der Waals surface area contributed by atoms with Gasteiger partial charge in [0.25, 0.3) is 0 Å². The van der Waals surface area contributed by atoms with Crippen LogP contribution in [0.15, 0.2) is 30.3 Å². The summed E-state index contributed by atoms with van der Waals surface area (Å²) >= 11 is 0. The zero-order chi connectivity index (χ0) is 15.4. The Morgan fingerprint density at radius 3 is 2.62 bits per heavy atom. The number of aliphatic carboxylic acids is 1. The summed E-state index contributed by atoms with van der Waals surface area (Å²) in [5.74, 6) is -1.23. The van der Waals surface area contributed by atoms with Gasteiger partial charge in [0.1, 0.15) is 6.61 Å². The van der Waals surface area contributed by atoms with Crippen molar-refractivity contribution < 1.29 is 19.4 Å². The molecule has 0 aromatic heterocycles. The molecule has 0 aliphatic carbocycles. The van der Waals surface area contributed by atoms with E-state index in [0.717, 1.165) is 5.56 Å². The summed E-state index contributed by atoms with van der Waals surface area (Å²) in [6, 6.07) is 8.57. The summed E-state index contributed by atoms with van der Waals surface area (Å²) in [5.41, 5.74) is 0.775. The first kappa shape index (κ1) is 15.5. The molecule has 0 bridgehead atoms. The van der Waals surface area contributed by atoms with Gasteiger partial charge in [0.2, 0.25) is 5.91 Å². The zero-order valence-corrected chi connectivity index (χ0v) is 12.2. The first-order chi connectivity index (χ1) is 10.0. The van der Waals surface area contributed by atoms with Crippen LogP contribution in [0.2, 0.25) is 0 Å². The van der Waals surface area contributed by atoms with Crippen molar-refractivity contribution in [3.05, 3.63) is 35.9 Å². The van der Waals surface area contributed by atoms with E-state index in [1.165, 1.54) is 0 Å². The molecule has 0 spiro atoms. The number of benzene rings is 1. The predicted molar refractivity (Wildman–Crippen MR) is 76.8 cm³/mol. The van der Waals surface area contributed by atoms with Crippen molar-refractivity contribution in [3.63, 3.8) is 0 Å². The van der Waals surface area contributed by atoms with Crippen LogP contribution < -0.4 is 0 Å². The van der Waals surface area contributed by atoms with Crippen LogP contribution in [0.4, 0.5) is 0 Å². The van der Waals surface area contributed by atoms with Crippen LogP contribution in [0.25, 0.3) is 0 Å². The van der Waals surface area contributed by atoms with Gasteiger partial charge >= 0.3 is 5.97 Å². The van der Waals surface area contributed by atoms with Gasteiger partial charge in [-0.25, -0.2) is 4.79 Å². The number of ether oxygens (including phenoxy) is 1. The largest absolute Gasteiger partial charge is 0.479 e. The number of morpholine rings is 1. The first-order valence-corrected chi connectivity index (χ1v) is 6.84. The average molecular weight is 292 g/mol. The second-order valence-electron chi connectivity index (χ2n) is 5.32. The van der Waals surface area contributed by atoms with E-state index in [0.29, 0.717) is 13.1 Å². The van der Waals surface area contributed by atoms with E-state index in [1.54, 1.807) is 4.90 Å². The Bertz CT molecular complexity index is 504. The fourth-order valence-electron chi connectivity index (χ4n) is 2.44. The van der Waals surface area contributed by atoms with E-state index >= 15 is 0 Å². The third-order valence-electron chi connectivity index (χ3n) is 3.50. The zero-order valence-electron chi connectivity index (χ0n) is 12.2. The van der Waals surface area contributed by atoms with Crippen LogP contribution in [0.1, 0.15) is 11.6 Å². The molecule has 0 radical (unpaired) electrons. The average Bonchev–Trinajstić information content (AvgIpc) is 2.46. The maximum atomic E-state index is 12.1. The second kappa shape index (κ2) is 6.69. The van der Waals surface area contributed by atoms with Crippen molar-refractivity contribution in [2.24, 2.45) is 0 Å². The fourth-order valence-corrected chi connectivity index (χ4v) is 2.44. The van der Waals surface area contributed by atoms with Gasteiger partial charge in [-0.1, -0.05) is 30.3 Å². The maximum absolute atomic E-state index is 12.1. The van der Waals surface area contributed by atoms with Gasteiger partial charge in [0, 0.05) is 13.1 Å². The minimum Gasteiger partial charge on any atom is -0.479 e. The third-order valence-corrected chi connectivity index (χ3v) is 3.50. The van der Waals surface area contributed by atoms with Crippen LogP contribution in [0.5, 0.6) is 0 Å². The van der Waals surface area contributed by atoms with E-state index in [-0.39, 0.29) is 12.5 Å². The molecule has 1 aromatic rings. The standard InChI is InChI=1S/C15H20N2O4/c1-16(2)8-9-17-12(18)10-21-14(15(19)20)13(17)11-6-4-3-5-7-11/h3-7,13-14H,8-10H2,1-2H3,(H,19,20). The molecule has 0 saturated carbocycles. The molecule has 1 aromatic carbocycles. The van der Waals surface area contributed by atoms with Crippen molar-refractivity contribution in [3.8, 4) is 0 Å². The molecule has 114 valence electrons. The normalized spacial score (nSPS) is 22.6. The smallest absolute Gasteiger partial charge is 0.335 e. The summed E-state index contributed by atoms with van der Waals surface area (Å²) in [6.07, 6.45) is -1.03. The number of likely N-dealkylation sites (N-methyl/N-ethyl adjacent to an activating group) is 1. The lowest BCUT2D eigenvalue weighted by Gasteiger charge is -2.40. The van der Waals surface area contributed by atoms with Gasteiger partial charge in [-0.2, -0.15) is 0 Å². The quantitative estimate of drug-likeness (QED) is 0.860. The molecule has 6 heteroatoms. The van der Waals surface area contributed by atoms with E-state index in [1.807, 2.05) is 49.3 Å². The van der Waals surface area contributed by atoms with Crippen molar-refractivity contribution in [1.29, 1.82) is 0 Å². The molecule has 1 heterocycles. The van der Waals surface area contributed by atoms with Crippen LogP contribution in [-0.2, 0) is 14.3 Å². The topological polar surface area (TPSA) is 70.1 Å².